The Bertz CT molecular complexity index is 356. The minimum Gasteiger partial charge on any atom is -0.491 e. The van der Waals surface area contributed by atoms with Crippen LogP contribution in [0.2, 0.25) is 0 Å². The van der Waals surface area contributed by atoms with Gasteiger partial charge in [0, 0.05) is 17.1 Å². The van der Waals surface area contributed by atoms with Crippen molar-refractivity contribution in [3.63, 3.8) is 0 Å². The highest BCUT2D eigenvalue weighted by molar-refractivity contribution is 9.10. The topological polar surface area (TPSA) is 61.7 Å². The molecule has 1 aromatic carbocycles. The van der Waals surface area contributed by atoms with E-state index in [1.165, 1.54) is 0 Å². The van der Waals surface area contributed by atoms with E-state index in [1.54, 1.807) is 0 Å². The van der Waals surface area contributed by atoms with E-state index in [9.17, 15) is 5.11 Å². The Balaban J connectivity index is 2.27. The second-order valence-corrected chi connectivity index (χ2v) is 5.78. The average Bonchev–Trinajstić information content (AvgIpc) is 2.38. The van der Waals surface area contributed by atoms with Gasteiger partial charge in [0.2, 0.25) is 0 Å². The second kappa shape index (κ2) is 8.53. The van der Waals surface area contributed by atoms with Crippen molar-refractivity contribution in [2.45, 2.75) is 26.0 Å². The van der Waals surface area contributed by atoms with Crippen molar-refractivity contribution >= 4 is 15.9 Å². The number of hydrogen-bond acceptors (Lipinski definition) is 4. The Kier molecular flexibility index (Phi) is 7.38. The van der Waals surface area contributed by atoms with Crippen LogP contribution in [0.4, 0.5) is 0 Å². The molecule has 2 atom stereocenters. The zero-order valence-electron chi connectivity index (χ0n) is 11.3. The third-order valence-corrected chi connectivity index (χ3v) is 3.40. The minimum absolute atomic E-state index is 0.00216. The summed E-state index contributed by atoms with van der Waals surface area (Å²) in [5.41, 5.74) is 0. The molecule has 0 aliphatic rings. The Hall–Kier alpha value is -0.620. The molecule has 2 unspecified atom stereocenters. The van der Waals surface area contributed by atoms with E-state index in [0.717, 1.165) is 10.2 Å². The smallest absolute Gasteiger partial charge is 0.119 e. The lowest BCUT2D eigenvalue weighted by molar-refractivity contribution is 0.0962. The fourth-order valence-corrected chi connectivity index (χ4v) is 1.84. The summed E-state index contributed by atoms with van der Waals surface area (Å²) in [7, 11) is 0. The van der Waals surface area contributed by atoms with Gasteiger partial charge in [0.05, 0.1) is 6.61 Å². The SMILES string of the molecule is CC(C)C(CO)NCC(O)COc1ccc(Br)cc1. The molecule has 108 valence electrons. The average molecular weight is 332 g/mol. The first-order chi connectivity index (χ1) is 9.02. The summed E-state index contributed by atoms with van der Waals surface area (Å²) >= 11 is 3.35. The molecule has 0 heterocycles. The molecule has 1 rings (SSSR count). The zero-order chi connectivity index (χ0) is 14.3. The number of ether oxygens (including phenoxy) is 1. The van der Waals surface area contributed by atoms with E-state index in [0.29, 0.717) is 12.5 Å². The molecular weight excluding hydrogens is 310 g/mol. The van der Waals surface area contributed by atoms with Gasteiger partial charge in [-0.3, -0.25) is 0 Å². The van der Waals surface area contributed by atoms with E-state index < -0.39 is 6.10 Å². The lowest BCUT2D eigenvalue weighted by Gasteiger charge is -2.22. The molecule has 0 saturated heterocycles. The maximum atomic E-state index is 9.81. The van der Waals surface area contributed by atoms with Gasteiger partial charge >= 0.3 is 0 Å². The molecule has 0 amide bonds. The summed E-state index contributed by atoms with van der Waals surface area (Å²) in [6.45, 7) is 4.75. The molecule has 0 aromatic heterocycles. The molecule has 0 spiro atoms. The number of benzene rings is 1. The van der Waals surface area contributed by atoms with E-state index in [2.05, 4.69) is 21.2 Å². The summed E-state index contributed by atoms with van der Waals surface area (Å²) in [5.74, 6) is 1.05. The number of aliphatic hydroxyl groups excluding tert-OH is 2. The number of halogens is 1. The van der Waals surface area contributed by atoms with Crippen molar-refractivity contribution in [2.24, 2.45) is 5.92 Å². The summed E-state index contributed by atoms with van der Waals surface area (Å²) in [6.07, 6.45) is -0.601. The number of nitrogens with one attached hydrogen (secondary N) is 1. The monoisotopic (exact) mass is 331 g/mol. The van der Waals surface area contributed by atoms with Crippen LogP contribution in [-0.2, 0) is 0 Å². The van der Waals surface area contributed by atoms with Gasteiger partial charge < -0.3 is 20.3 Å². The molecule has 1 aromatic rings. The second-order valence-electron chi connectivity index (χ2n) is 4.86. The molecule has 0 radical (unpaired) electrons. The van der Waals surface area contributed by atoms with Gasteiger partial charge in [-0.25, -0.2) is 0 Å². The lowest BCUT2D eigenvalue weighted by atomic mass is 10.1. The molecule has 0 saturated carbocycles. The van der Waals surface area contributed by atoms with Gasteiger partial charge in [-0.05, 0) is 30.2 Å². The first-order valence-electron chi connectivity index (χ1n) is 6.43. The molecule has 0 aliphatic carbocycles. The van der Waals surface area contributed by atoms with Gasteiger partial charge in [0.25, 0.3) is 0 Å². The van der Waals surface area contributed by atoms with Crippen LogP contribution in [0.1, 0.15) is 13.8 Å². The van der Waals surface area contributed by atoms with Crippen molar-refractivity contribution < 1.29 is 14.9 Å². The van der Waals surface area contributed by atoms with Gasteiger partial charge in [0.15, 0.2) is 0 Å². The standard InChI is InChI=1S/C14H22BrNO3/c1-10(2)14(8-17)16-7-12(18)9-19-13-5-3-11(15)4-6-13/h3-6,10,12,14,16-18H,7-9H2,1-2H3. The highest BCUT2D eigenvalue weighted by Gasteiger charge is 2.13. The van der Waals surface area contributed by atoms with E-state index in [-0.39, 0.29) is 19.3 Å². The zero-order valence-corrected chi connectivity index (χ0v) is 12.9. The highest BCUT2D eigenvalue weighted by atomic mass is 79.9. The largest absolute Gasteiger partial charge is 0.491 e. The molecule has 19 heavy (non-hydrogen) atoms. The molecule has 4 nitrogen and oxygen atoms in total. The van der Waals surface area contributed by atoms with Crippen LogP contribution in [0.3, 0.4) is 0 Å². The fourth-order valence-electron chi connectivity index (χ4n) is 1.58. The summed E-state index contributed by atoms with van der Waals surface area (Å²) in [5, 5.41) is 22.1. The van der Waals surface area contributed by atoms with E-state index in [1.807, 2.05) is 38.1 Å². The Morgan fingerprint density at radius 3 is 2.42 bits per heavy atom. The molecule has 0 aliphatic heterocycles. The molecule has 0 fully saturated rings. The van der Waals surface area contributed by atoms with Crippen LogP contribution in [0.25, 0.3) is 0 Å². The van der Waals surface area contributed by atoms with E-state index in [4.69, 9.17) is 9.84 Å². The predicted octanol–water partition coefficient (Wildman–Crippen LogP) is 1.80. The Labute approximate surface area is 122 Å². The minimum atomic E-state index is -0.601. The number of aliphatic hydroxyl groups is 2. The number of rotatable bonds is 8. The van der Waals surface area contributed by atoms with Gasteiger partial charge in [-0.15, -0.1) is 0 Å². The maximum Gasteiger partial charge on any atom is 0.119 e. The van der Waals surface area contributed by atoms with Crippen molar-refractivity contribution in [1.82, 2.24) is 5.32 Å². The van der Waals surface area contributed by atoms with Crippen molar-refractivity contribution in [2.75, 3.05) is 19.8 Å². The molecule has 3 N–H and O–H groups in total. The van der Waals surface area contributed by atoms with Gasteiger partial charge in [-0.1, -0.05) is 29.8 Å². The highest BCUT2D eigenvalue weighted by Crippen LogP contribution is 2.16. The third kappa shape index (κ3) is 6.38. The van der Waals surface area contributed by atoms with Crippen LogP contribution >= 0.6 is 15.9 Å². The number of hydrogen-bond donors (Lipinski definition) is 3. The summed E-state index contributed by atoms with van der Waals surface area (Å²) in [6, 6.07) is 7.47. The van der Waals surface area contributed by atoms with Crippen molar-refractivity contribution in [1.29, 1.82) is 0 Å². The van der Waals surface area contributed by atoms with Crippen LogP contribution in [0.5, 0.6) is 5.75 Å². The first-order valence-corrected chi connectivity index (χ1v) is 7.23. The van der Waals surface area contributed by atoms with Gasteiger partial charge in [0.1, 0.15) is 18.5 Å². The predicted molar refractivity (Wildman–Crippen MR) is 79.4 cm³/mol. The summed E-state index contributed by atoms with van der Waals surface area (Å²) < 4.78 is 6.47. The Morgan fingerprint density at radius 2 is 1.89 bits per heavy atom. The normalized spacial score (nSPS) is 14.4. The van der Waals surface area contributed by atoms with Crippen LogP contribution in [-0.4, -0.2) is 42.1 Å². The molecule has 0 bridgehead atoms. The fraction of sp³-hybridized carbons (Fsp3) is 0.571. The van der Waals surface area contributed by atoms with Crippen molar-refractivity contribution in [3.8, 4) is 5.75 Å². The Morgan fingerprint density at radius 1 is 1.26 bits per heavy atom. The maximum absolute atomic E-state index is 9.81. The lowest BCUT2D eigenvalue weighted by Crippen LogP contribution is -2.42. The van der Waals surface area contributed by atoms with E-state index >= 15 is 0 Å². The van der Waals surface area contributed by atoms with Crippen LogP contribution in [0, 0.1) is 5.92 Å². The molecular formula is C14H22BrNO3. The molecule has 5 heteroatoms. The third-order valence-electron chi connectivity index (χ3n) is 2.87. The van der Waals surface area contributed by atoms with Crippen molar-refractivity contribution in [3.05, 3.63) is 28.7 Å². The van der Waals surface area contributed by atoms with Crippen LogP contribution in [0.15, 0.2) is 28.7 Å². The quantitative estimate of drug-likeness (QED) is 0.679. The summed E-state index contributed by atoms with van der Waals surface area (Å²) in [4.78, 5) is 0. The first kappa shape index (κ1) is 16.4. The van der Waals surface area contributed by atoms with Gasteiger partial charge in [-0.2, -0.15) is 0 Å². The van der Waals surface area contributed by atoms with Crippen LogP contribution < -0.4 is 10.1 Å².